The van der Waals surface area contributed by atoms with Gasteiger partial charge >= 0.3 is 0 Å². The zero-order valence-corrected chi connectivity index (χ0v) is 15.6. The van der Waals surface area contributed by atoms with Crippen LogP contribution in [0.1, 0.15) is 74.6 Å². The van der Waals surface area contributed by atoms with E-state index < -0.39 is 0 Å². The SMILES string of the molecule is CC1(C)Cc2cc(C#N)c(C#N)cc2/C(=C/C(=O)C2CCCCCC2)N1. The monoisotopic (exact) mass is 347 g/mol. The molecule has 1 aromatic carbocycles. The predicted octanol–water partition coefficient (Wildman–Crippen LogP) is 4.23. The van der Waals surface area contributed by atoms with Crippen molar-refractivity contribution in [2.75, 3.05) is 0 Å². The third kappa shape index (κ3) is 3.81. The van der Waals surface area contributed by atoms with Crippen LogP contribution in [0, 0.1) is 28.6 Å². The maximum Gasteiger partial charge on any atom is 0.160 e. The minimum atomic E-state index is -0.205. The van der Waals surface area contributed by atoms with Crippen LogP contribution in [-0.2, 0) is 11.2 Å². The Labute approximate surface area is 155 Å². The molecule has 26 heavy (non-hydrogen) atoms. The fourth-order valence-electron chi connectivity index (χ4n) is 4.12. The van der Waals surface area contributed by atoms with E-state index >= 15 is 0 Å². The summed E-state index contributed by atoms with van der Waals surface area (Å²) in [5.74, 6) is 0.287. The van der Waals surface area contributed by atoms with Crippen molar-refractivity contribution in [1.82, 2.24) is 5.32 Å². The van der Waals surface area contributed by atoms with Gasteiger partial charge in [-0.25, -0.2) is 0 Å². The Kier molecular flexibility index (Phi) is 5.14. The second-order valence-electron chi connectivity index (χ2n) is 8.11. The Hall–Kier alpha value is -2.59. The van der Waals surface area contributed by atoms with Gasteiger partial charge in [-0.05, 0) is 50.8 Å². The topological polar surface area (TPSA) is 76.7 Å². The average molecular weight is 347 g/mol. The first-order chi connectivity index (χ1) is 12.4. The largest absolute Gasteiger partial charge is 0.379 e. The van der Waals surface area contributed by atoms with Gasteiger partial charge < -0.3 is 5.32 Å². The summed E-state index contributed by atoms with van der Waals surface area (Å²) in [5.41, 5.74) is 3.24. The molecule has 134 valence electrons. The van der Waals surface area contributed by atoms with Gasteiger partial charge in [-0.1, -0.05) is 25.7 Å². The van der Waals surface area contributed by atoms with E-state index in [0.717, 1.165) is 48.9 Å². The lowest BCUT2D eigenvalue weighted by Gasteiger charge is -2.36. The van der Waals surface area contributed by atoms with Gasteiger partial charge in [0.1, 0.15) is 12.1 Å². The molecule has 1 saturated carbocycles. The van der Waals surface area contributed by atoms with Crippen LogP contribution in [0.25, 0.3) is 5.70 Å². The van der Waals surface area contributed by atoms with E-state index in [1.54, 1.807) is 18.2 Å². The lowest BCUT2D eigenvalue weighted by atomic mass is 9.83. The summed E-state index contributed by atoms with van der Waals surface area (Å²) in [6, 6.07) is 7.77. The highest BCUT2D eigenvalue weighted by Gasteiger charge is 2.30. The van der Waals surface area contributed by atoms with Gasteiger partial charge in [0.15, 0.2) is 5.78 Å². The molecule has 0 amide bonds. The van der Waals surface area contributed by atoms with E-state index in [-0.39, 0.29) is 17.2 Å². The van der Waals surface area contributed by atoms with Gasteiger partial charge in [0, 0.05) is 28.8 Å². The first-order valence-corrected chi connectivity index (χ1v) is 9.45. The number of carbonyl (C=O) groups is 1. The number of nitriles is 2. The van der Waals surface area contributed by atoms with E-state index in [1.807, 2.05) is 0 Å². The molecular weight excluding hydrogens is 322 g/mol. The van der Waals surface area contributed by atoms with Crippen molar-refractivity contribution in [1.29, 1.82) is 10.5 Å². The molecule has 0 bridgehead atoms. The summed E-state index contributed by atoms with van der Waals surface area (Å²) in [5, 5.41) is 22.1. The minimum absolute atomic E-state index is 0.106. The molecular formula is C22H25N3O. The second kappa shape index (κ2) is 7.34. The summed E-state index contributed by atoms with van der Waals surface area (Å²) in [6.07, 6.45) is 9.11. The van der Waals surface area contributed by atoms with Crippen LogP contribution in [0.5, 0.6) is 0 Å². The van der Waals surface area contributed by atoms with E-state index in [2.05, 4.69) is 31.3 Å². The number of nitrogens with zero attached hydrogens (tertiary/aromatic N) is 2. The number of allylic oxidation sites excluding steroid dienone is 1. The highest BCUT2D eigenvalue weighted by molar-refractivity contribution is 5.98. The number of fused-ring (bicyclic) bond motifs is 1. The summed E-state index contributed by atoms with van der Waals surface area (Å²) in [4.78, 5) is 12.9. The van der Waals surface area contributed by atoms with Gasteiger partial charge in [0.2, 0.25) is 0 Å². The van der Waals surface area contributed by atoms with Crippen LogP contribution < -0.4 is 5.32 Å². The van der Waals surface area contributed by atoms with Crippen LogP contribution in [0.3, 0.4) is 0 Å². The van der Waals surface area contributed by atoms with Crippen LogP contribution in [0.4, 0.5) is 0 Å². The third-order valence-electron chi connectivity index (χ3n) is 5.42. The van der Waals surface area contributed by atoms with Gasteiger partial charge in [0.05, 0.1) is 11.1 Å². The van der Waals surface area contributed by atoms with Crippen molar-refractivity contribution in [3.8, 4) is 12.1 Å². The number of carbonyl (C=O) groups excluding carboxylic acids is 1. The molecule has 0 aromatic heterocycles. The molecule has 4 nitrogen and oxygen atoms in total. The lowest BCUT2D eigenvalue weighted by molar-refractivity contribution is -0.118. The molecule has 2 aliphatic rings. The van der Waals surface area contributed by atoms with Crippen molar-refractivity contribution in [2.45, 2.75) is 64.3 Å². The van der Waals surface area contributed by atoms with Gasteiger partial charge in [-0.3, -0.25) is 4.79 Å². The van der Waals surface area contributed by atoms with Crippen LogP contribution in [-0.4, -0.2) is 11.3 Å². The molecule has 0 atom stereocenters. The van der Waals surface area contributed by atoms with E-state index in [4.69, 9.17) is 0 Å². The Balaban J connectivity index is 2.01. The molecule has 0 radical (unpaired) electrons. The molecule has 0 spiro atoms. The average Bonchev–Trinajstić information content (AvgIpc) is 2.89. The lowest BCUT2D eigenvalue weighted by Crippen LogP contribution is -2.44. The molecule has 1 aromatic rings. The molecule has 1 heterocycles. The molecule has 1 aliphatic carbocycles. The number of hydrogen-bond donors (Lipinski definition) is 1. The van der Waals surface area contributed by atoms with Crippen LogP contribution >= 0.6 is 0 Å². The fourth-order valence-corrected chi connectivity index (χ4v) is 4.12. The Morgan fingerprint density at radius 2 is 1.73 bits per heavy atom. The van der Waals surface area contributed by atoms with Crippen molar-refractivity contribution in [3.05, 3.63) is 40.5 Å². The van der Waals surface area contributed by atoms with Crippen molar-refractivity contribution < 1.29 is 4.79 Å². The molecule has 3 rings (SSSR count). The normalized spacial score (nSPS) is 21.0. The van der Waals surface area contributed by atoms with E-state index in [0.29, 0.717) is 11.1 Å². The Bertz CT molecular complexity index is 828. The van der Waals surface area contributed by atoms with Gasteiger partial charge in [-0.2, -0.15) is 10.5 Å². The van der Waals surface area contributed by atoms with Crippen LogP contribution in [0.2, 0.25) is 0 Å². The quantitative estimate of drug-likeness (QED) is 0.641. The zero-order chi connectivity index (χ0) is 18.7. The summed E-state index contributed by atoms with van der Waals surface area (Å²) in [7, 11) is 0. The van der Waals surface area contributed by atoms with Gasteiger partial charge in [0.25, 0.3) is 0 Å². The molecule has 0 saturated heterocycles. The zero-order valence-electron chi connectivity index (χ0n) is 15.6. The predicted molar refractivity (Wildman–Crippen MR) is 101 cm³/mol. The first kappa shape index (κ1) is 18.2. The maximum absolute atomic E-state index is 12.9. The standard InChI is InChI=1S/C22H25N3O/c1-22(2)12-16-9-17(13-23)18(14-24)10-19(16)20(25-22)11-21(26)15-7-5-3-4-6-8-15/h9-11,15,25H,3-8,12H2,1-2H3/b20-11-. The number of hydrogen-bond acceptors (Lipinski definition) is 4. The highest BCUT2D eigenvalue weighted by Crippen LogP contribution is 2.33. The molecule has 0 unspecified atom stereocenters. The number of benzene rings is 1. The highest BCUT2D eigenvalue weighted by atomic mass is 16.1. The molecule has 4 heteroatoms. The summed E-state index contributed by atoms with van der Waals surface area (Å²) >= 11 is 0. The van der Waals surface area contributed by atoms with Crippen molar-refractivity contribution in [2.24, 2.45) is 5.92 Å². The summed E-state index contributed by atoms with van der Waals surface area (Å²) < 4.78 is 0. The first-order valence-electron chi connectivity index (χ1n) is 9.45. The van der Waals surface area contributed by atoms with E-state index in [9.17, 15) is 15.3 Å². The second-order valence-corrected chi connectivity index (χ2v) is 8.11. The van der Waals surface area contributed by atoms with Gasteiger partial charge in [-0.15, -0.1) is 0 Å². The number of nitrogens with one attached hydrogen (secondary N) is 1. The van der Waals surface area contributed by atoms with Crippen molar-refractivity contribution >= 4 is 11.5 Å². The molecule has 1 fully saturated rings. The fraction of sp³-hybridized carbons (Fsp3) is 0.500. The Morgan fingerprint density at radius 3 is 2.35 bits per heavy atom. The Morgan fingerprint density at radius 1 is 1.12 bits per heavy atom. The third-order valence-corrected chi connectivity index (χ3v) is 5.42. The molecule has 1 N–H and O–H groups in total. The van der Waals surface area contributed by atoms with E-state index in [1.165, 1.54) is 12.8 Å². The number of ketones is 1. The van der Waals surface area contributed by atoms with Crippen LogP contribution in [0.15, 0.2) is 18.2 Å². The van der Waals surface area contributed by atoms with Crippen molar-refractivity contribution in [3.63, 3.8) is 0 Å². The smallest absolute Gasteiger partial charge is 0.160 e. The molecule has 1 aliphatic heterocycles. The minimum Gasteiger partial charge on any atom is -0.379 e. The summed E-state index contributed by atoms with van der Waals surface area (Å²) in [6.45, 7) is 4.17. The number of rotatable bonds is 2. The maximum atomic E-state index is 12.9.